The minimum absolute atomic E-state index is 0.214. The van der Waals surface area contributed by atoms with E-state index in [9.17, 15) is 14.2 Å². The van der Waals surface area contributed by atoms with Gasteiger partial charge in [-0.1, -0.05) is 167 Å². The molecule has 0 bridgehead atoms. The van der Waals surface area contributed by atoms with E-state index in [2.05, 4.69) is 30.5 Å². The van der Waals surface area contributed by atoms with Gasteiger partial charge < -0.3 is 19.3 Å². The average Bonchev–Trinajstić information content (AvgIpc) is 3.05. The molecule has 8 nitrogen and oxygen atoms in total. The number of rotatable bonds is 37. The Morgan fingerprint density at radius 2 is 0.875 bits per heavy atom. The topological polar surface area (TPSA) is 119 Å². The molecule has 0 aliphatic rings. The summed E-state index contributed by atoms with van der Waals surface area (Å²) in [4.78, 5) is 42.6. The fourth-order valence-corrected chi connectivity index (χ4v) is 6.14. The Labute approximate surface area is 295 Å². The zero-order valence-corrected chi connectivity index (χ0v) is 32.0. The summed E-state index contributed by atoms with van der Waals surface area (Å²) in [5.41, 5.74) is 0. The second-order valence-corrected chi connectivity index (χ2v) is 14.9. The van der Waals surface area contributed by atoms with Crippen molar-refractivity contribution in [2.24, 2.45) is 0 Å². The standard InChI is InChI=1S/C39H75O8P/c1-3-5-7-9-11-13-14-15-16-17-18-19-20-21-22-23-24-26-28-30-32-34-39(41)47-37(36-46-48(42,43)44)35-45-38(40)33-31-29-27-25-12-10-8-6-4-2/h17-18,37H,3-16,19-36H2,1-2H3,(H2,42,43,44)/b18-17-. The molecule has 0 fully saturated rings. The summed E-state index contributed by atoms with van der Waals surface area (Å²) in [6.45, 7) is 3.66. The minimum atomic E-state index is -4.74. The first-order chi connectivity index (χ1) is 23.3. The van der Waals surface area contributed by atoms with E-state index in [1.807, 2.05) is 0 Å². The predicted molar refractivity (Wildman–Crippen MR) is 198 cm³/mol. The lowest BCUT2D eigenvalue weighted by Crippen LogP contribution is -2.29. The van der Waals surface area contributed by atoms with E-state index < -0.39 is 32.5 Å². The van der Waals surface area contributed by atoms with Gasteiger partial charge in [0, 0.05) is 12.8 Å². The Morgan fingerprint density at radius 1 is 0.521 bits per heavy atom. The van der Waals surface area contributed by atoms with Gasteiger partial charge >= 0.3 is 19.8 Å². The number of carbonyl (C=O) groups is 2. The molecule has 1 atom stereocenters. The Balaban J connectivity index is 3.84. The third kappa shape index (κ3) is 37.6. The summed E-state index contributed by atoms with van der Waals surface area (Å²) >= 11 is 0. The SMILES string of the molecule is CCCCCCCCCC/C=C\CCCCCCCCCCCC(=O)OC(COC(=O)CCCCCCCCCCC)COP(=O)(O)O. The van der Waals surface area contributed by atoms with Crippen LogP contribution >= 0.6 is 7.82 Å². The van der Waals surface area contributed by atoms with Gasteiger partial charge in [0.25, 0.3) is 0 Å². The van der Waals surface area contributed by atoms with Crippen LogP contribution in [-0.4, -0.2) is 41.0 Å². The highest BCUT2D eigenvalue weighted by atomic mass is 31.2. The Morgan fingerprint density at radius 3 is 1.27 bits per heavy atom. The van der Waals surface area contributed by atoms with Crippen LogP contribution in [0, 0.1) is 0 Å². The monoisotopic (exact) mass is 703 g/mol. The number of phosphoric acid groups is 1. The van der Waals surface area contributed by atoms with Crippen molar-refractivity contribution < 1.29 is 37.9 Å². The molecule has 0 rings (SSSR count). The first kappa shape index (κ1) is 46.8. The van der Waals surface area contributed by atoms with Gasteiger partial charge in [-0.3, -0.25) is 14.1 Å². The molecule has 0 aliphatic carbocycles. The van der Waals surface area contributed by atoms with Crippen LogP contribution < -0.4 is 0 Å². The Hall–Kier alpha value is -1.21. The molecule has 0 spiro atoms. The number of hydrogen-bond acceptors (Lipinski definition) is 6. The minimum Gasteiger partial charge on any atom is -0.462 e. The van der Waals surface area contributed by atoms with Crippen molar-refractivity contribution in [3.05, 3.63) is 12.2 Å². The fourth-order valence-electron chi connectivity index (χ4n) is 5.78. The molecule has 2 N–H and O–H groups in total. The van der Waals surface area contributed by atoms with Crippen LogP contribution in [0.25, 0.3) is 0 Å². The van der Waals surface area contributed by atoms with Gasteiger partial charge in [0.1, 0.15) is 6.61 Å². The molecule has 0 radical (unpaired) electrons. The van der Waals surface area contributed by atoms with Crippen LogP contribution in [0.4, 0.5) is 0 Å². The van der Waals surface area contributed by atoms with Crippen LogP contribution in [0.2, 0.25) is 0 Å². The van der Waals surface area contributed by atoms with Gasteiger partial charge in [0.15, 0.2) is 6.10 Å². The van der Waals surface area contributed by atoms with E-state index in [1.165, 1.54) is 135 Å². The largest absolute Gasteiger partial charge is 0.469 e. The van der Waals surface area contributed by atoms with Crippen molar-refractivity contribution in [3.8, 4) is 0 Å². The first-order valence-corrected chi connectivity index (χ1v) is 21.5. The lowest BCUT2D eigenvalue weighted by molar-refractivity contribution is -0.161. The molecule has 9 heteroatoms. The molecular weight excluding hydrogens is 627 g/mol. The van der Waals surface area contributed by atoms with Gasteiger partial charge in [-0.15, -0.1) is 0 Å². The van der Waals surface area contributed by atoms with Crippen molar-refractivity contribution in [2.75, 3.05) is 13.2 Å². The number of ether oxygens (including phenoxy) is 2. The van der Waals surface area contributed by atoms with Gasteiger partial charge in [-0.05, 0) is 38.5 Å². The molecule has 0 heterocycles. The van der Waals surface area contributed by atoms with Crippen molar-refractivity contribution in [3.63, 3.8) is 0 Å². The lowest BCUT2D eigenvalue weighted by Gasteiger charge is -2.18. The summed E-state index contributed by atoms with van der Waals surface area (Å²) in [5.74, 6) is -0.882. The molecule has 1 unspecified atom stereocenters. The summed E-state index contributed by atoms with van der Waals surface area (Å²) in [6, 6.07) is 0. The normalized spacial score (nSPS) is 12.5. The first-order valence-electron chi connectivity index (χ1n) is 20.0. The van der Waals surface area contributed by atoms with Gasteiger partial charge in [0.2, 0.25) is 0 Å². The van der Waals surface area contributed by atoms with Crippen molar-refractivity contribution in [1.29, 1.82) is 0 Å². The summed E-state index contributed by atoms with van der Waals surface area (Å²) < 4.78 is 26.3. The molecule has 0 aromatic heterocycles. The number of carbonyl (C=O) groups excluding carboxylic acids is 2. The number of hydrogen-bond donors (Lipinski definition) is 2. The van der Waals surface area contributed by atoms with Crippen LogP contribution in [-0.2, 0) is 28.2 Å². The zero-order chi connectivity index (χ0) is 35.4. The molecule has 0 aliphatic heterocycles. The molecule has 0 aromatic rings. The highest BCUT2D eigenvalue weighted by Crippen LogP contribution is 2.36. The second kappa shape index (κ2) is 35.6. The van der Waals surface area contributed by atoms with E-state index in [4.69, 9.17) is 19.3 Å². The average molecular weight is 703 g/mol. The van der Waals surface area contributed by atoms with Gasteiger partial charge in [-0.25, -0.2) is 4.57 Å². The van der Waals surface area contributed by atoms with Crippen LogP contribution in [0.15, 0.2) is 12.2 Å². The van der Waals surface area contributed by atoms with E-state index >= 15 is 0 Å². The highest BCUT2D eigenvalue weighted by Gasteiger charge is 2.22. The van der Waals surface area contributed by atoms with Crippen molar-refractivity contribution >= 4 is 19.8 Å². The van der Waals surface area contributed by atoms with Crippen LogP contribution in [0.5, 0.6) is 0 Å². The molecule has 0 saturated heterocycles. The van der Waals surface area contributed by atoms with E-state index in [0.717, 1.165) is 38.5 Å². The predicted octanol–water partition coefficient (Wildman–Crippen LogP) is 11.8. The smallest absolute Gasteiger partial charge is 0.462 e. The highest BCUT2D eigenvalue weighted by molar-refractivity contribution is 7.46. The van der Waals surface area contributed by atoms with Gasteiger partial charge in [-0.2, -0.15) is 0 Å². The van der Waals surface area contributed by atoms with Crippen molar-refractivity contribution in [2.45, 2.75) is 213 Å². The third-order valence-corrected chi connectivity index (χ3v) is 9.27. The summed E-state index contributed by atoms with van der Waals surface area (Å²) in [5, 5.41) is 0. The second-order valence-electron chi connectivity index (χ2n) is 13.6. The molecular formula is C39H75O8P. The van der Waals surface area contributed by atoms with Gasteiger partial charge in [0.05, 0.1) is 6.61 Å². The Kier molecular flexibility index (Phi) is 34.7. The quantitative estimate of drug-likeness (QED) is 0.0284. The summed E-state index contributed by atoms with van der Waals surface area (Å²) in [6.07, 6.45) is 38.0. The van der Waals surface area contributed by atoms with Crippen molar-refractivity contribution in [1.82, 2.24) is 0 Å². The molecule has 0 amide bonds. The number of esters is 2. The Bertz CT molecular complexity index is 797. The maximum Gasteiger partial charge on any atom is 0.469 e. The molecule has 48 heavy (non-hydrogen) atoms. The van der Waals surface area contributed by atoms with E-state index in [-0.39, 0.29) is 19.4 Å². The maximum atomic E-state index is 12.4. The lowest BCUT2D eigenvalue weighted by atomic mass is 10.1. The fraction of sp³-hybridized carbons (Fsp3) is 0.897. The molecule has 0 aromatic carbocycles. The number of phosphoric ester groups is 1. The number of allylic oxidation sites excluding steroid dienone is 2. The zero-order valence-electron chi connectivity index (χ0n) is 31.2. The molecule has 284 valence electrons. The van der Waals surface area contributed by atoms with E-state index in [1.54, 1.807) is 0 Å². The van der Waals surface area contributed by atoms with Crippen LogP contribution in [0.1, 0.15) is 206 Å². The maximum absolute atomic E-state index is 12.4. The van der Waals surface area contributed by atoms with E-state index in [0.29, 0.717) is 6.42 Å². The van der Waals surface area contributed by atoms with Crippen LogP contribution in [0.3, 0.4) is 0 Å². The molecule has 0 saturated carbocycles. The third-order valence-electron chi connectivity index (χ3n) is 8.78. The number of unbranched alkanes of at least 4 members (excludes halogenated alkanes) is 25. The summed E-state index contributed by atoms with van der Waals surface area (Å²) in [7, 11) is -4.74.